The SMILES string of the molecule is CC(NC(=O)c1cccs1)C(=O)N1CCN(c2ncccn2)CC1. The molecule has 3 rings (SSSR count). The zero-order chi connectivity index (χ0) is 16.9. The number of nitrogens with one attached hydrogen (secondary N) is 1. The molecule has 0 aromatic carbocycles. The molecule has 0 bridgehead atoms. The Morgan fingerprint density at radius 3 is 2.50 bits per heavy atom. The highest BCUT2D eigenvalue weighted by Crippen LogP contribution is 2.12. The second-order valence-electron chi connectivity index (χ2n) is 5.53. The van der Waals surface area contributed by atoms with Crippen molar-refractivity contribution in [2.75, 3.05) is 31.1 Å². The predicted octanol–water partition coefficient (Wildman–Crippen LogP) is 1.01. The van der Waals surface area contributed by atoms with Gasteiger partial charge in [-0.25, -0.2) is 9.97 Å². The van der Waals surface area contributed by atoms with Gasteiger partial charge in [-0.05, 0) is 24.4 Å². The smallest absolute Gasteiger partial charge is 0.261 e. The summed E-state index contributed by atoms with van der Waals surface area (Å²) in [5.74, 6) is 0.416. The average molecular weight is 345 g/mol. The Hall–Kier alpha value is -2.48. The van der Waals surface area contributed by atoms with Gasteiger partial charge in [-0.2, -0.15) is 0 Å². The molecular formula is C16H19N5O2S. The van der Waals surface area contributed by atoms with Gasteiger partial charge in [0.2, 0.25) is 11.9 Å². The average Bonchev–Trinajstić information content (AvgIpc) is 3.17. The predicted molar refractivity (Wildman–Crippen MR) is 92.1 cm³/mol. The van der Waals surface area contributed by atoms with Crippen LogP contribution in [0.25, 0.3) is 0 Å². The van der Waals surface area contributed by atoms with E-state index in [2.05, 4.69) is 20.2 Å². The third-order valence-electron chi connectivity index (χ3n) is 3.89. The molecule has 1 unspecified atom stereocenters. The Morgan fingerprint density at radius 2 is 1.88 bits per heavy atom. The molecule has 1 aliphatic heterocycles. The standard InChI is InChI=1S/C16H19N5O2S/c1-12(19-14(22)13-4-2-11-24-13)15(23)20-7-9-21(10-8-20)16-17-5-3-6-18-16/h2-6,11-12H,7-10H2,1H3,(H,19,22). The quantitative estimate of drug-likeness (QED) is 0.895. The first kappa shape index (κ1) is 16.4. The van der Waals surface area contributed by atoms with E-state index in [4.69, 9.17) is 0 Å². The highest BCUT2D eigenvalue weighted by atomic mass is 32.1. The van der Waals surface area contributed by atoms with E-state index in [0.29, 0.717) is 37.0 Å². The summed E-state index contributed by atoms with van der Waals surface area (Å²) >= 11 is 1.36. The number of thiophene rings is 1. The van der Waals surface area contributed by atoms with Crippen LogP contribution < -0.4 is 10.2 Å². The van der Waals surface area contributed by atoms with Crippen LogP contribution in [-0.2, 0) is 4.79 Å². The van der Waals surface area contributed by atoms with Crippen LogP contribution in [0.15, 0.2) is 36.0 Å². The lowest BCUT2D eigenvalue weighted by molar-refractivity contribution is -0.133. The summed E-state index contributed by atoms with van der Waals surface area (Å²) in [6.45, 7) is 4.27. The number of rotatable bonds is 4. The lowest BCUT2D eigenvalue weighted by Gasteiger charge is -2.35. The maximum absolute atomic E-state index is 12.5. The number of amides is 2. The molecule has 0 saturated carbocycles. The highest BCUT2D eigenvalue weighted by Gasteiger charge is 2.26. The van der Waals surface area contributed by atoms with Gasteiger partial charge < -0.3 is 15.1 Å². The van der Waals surface area contributed by atoms with Crippen LogP contribution in [0.3, 0.4) is 0 Å². The van der Waals surface area contributed by atoms with E-state index in [9.17, 15) is 9.59 Å². The van der Waals surface area contributed by atoms with Crippen molar-refractivity contribution in [2.45, 2.75) is 13.0 Å². The Bertz CT molecular complexity index is 684. The minimum atomic E-state index is -0.542. The molecule has 1 N–H and O–H groups in total. The molecule has 24 heavy (non-hydrogen) atoms. The van der Waals surface area contributed by atoms with Crippen molar-refractivity contribution in [1.82, 2.24) is 20.2 Å². The first-order chi connectivity index (χ1) is 11.6. The van der Waals surface area contributed by atoms with E-state index >= 15 is 0 Å². The zero-order valence-corrected chi connectivity index (χ0v) is 14.2. The van der Waals surface area contributed by atoms with E-state index in [1.165, 1.54) is 11.3 Å². The van der Waals surface area contributed by atoms with Crippen molar-refractivity contribution in [3.05, 3.63) is 40.8 Å². The summed E-state index contributed by atoms with van der Waals surface area (Å²) in [4.78, 5) is 37.5. The molecule has 0 spiro atoms. The second kappa shape index (κ2) is 7.39. The van der Waals surface area contributed by atoms with Gasteiger partial charge in [-0.15, -0.1) is 11.3 Å². The Balaban J connectivity index is 1.52. The first-order valence-corrected chi connectivity index (χ1v) is 8.68. The minimum Gasteiger partial charge on any atom is -0.340 e. The first-order valence-electron chi connectivity index (χ1n) is 7.80. The molecule has 7 nitrogen and oxygen atoms in total. The molecular weight excluding hydrogens is 326 g/mol. The Morgan fingerprint density at radius 1 is 1.17 bits per heavy atom. The van der Waals surface area contributed by atoms with Gasteiger partial charge >= 0.3 is 0 Å². The molecule has 3 heterocycles. The van der Waals surface area contributed by atoms with Gasteiger partial charge in [-0.1, -0.05) is 6.07 Å². The van der Waals surface area contributed by atoms with Crippen molar-refractivity contribution in [1.29, 1.82) is 0 Å². The molecule has 0 aliphatic carbocycles. The summed E-state index contributed by atoms with van der Waals surface area (Å²) in [6, 6.07) is 4.80. The normalized spacial score (nSPS) is 15.9. The third kappa shape index (κ3) is 3.70. The van der Waals surface area contributed by atoms with Crippen LogP contribution in [0.1, 0.15) is 16.6 Å². The van der Waals surface area contributed by atoms with Crippen molar-refractivity contribution in [3.8, 4) is 0 Å². The number of hydrogen-bond donors (Lipinski definition) is 1. The summed E-state index contributed by atoms with van der Waals surface area (Å²) in [7, 11) is 0. The van der Waals surface area contributed by atoms with E-state index in [1.807, 2.05) is 11.4 Å². The number of anilines is 1. The molecule has 1 aliphatic rings. The zero-order valence-electron chi connectivity index (χ0n) is 13.4. The van der Waals surface area contributed by atoms with Gasteiger partial charge in [0.05, 0.1) is 4.88 Å². The number of aromatic nitrogens is 2. The van der Waals surface area contributed by atoms with Crippen LogP contribution in [0, 0.1) is 0 Å². The number of carbonyl (C=O) groups is 2. The molecule has 0 radical (unpaired) electrons. The number of carbonyl (C=O) groups excluding carboxylic acids is 2. The maximum Gasteiger partial charge on any atom is 0.261 e. The number of hydrogen-bond acceptors (Lipinski definition) is 6. The Labute approximate surface area is 144 Å². The fourth-order valence-corrected chi connectivity index (χ4v) is 3.22. The monoisotopic (exact) mass is 345 g/mol. The molecule has 2 aromatic rings. The molecule has 126 valence electrons. The van der Waals surface area contributed by atoms with Crippen LogP contribution in [0.2, 0.25) is 0 Å². The molecule has 2 aromatic heterocycles. The van der Waals surface area contributed by atoms with Crippen molar-refractivity contribution < 1.29 is 9.59 Å². The topological polar surface area (TPSA) is 78.4 Å². The minimum absolute atomic E-state index is 0.0615. The summed E-state index contributed by atoms with van der Waals surface area (Å²) in [5.41, 5.74) is 0. The van der Waals surface area contributed by atoms with Crippen LogP contribution in [-0.4, -0.2) is 58.9 Å². The van der Waals surface area contributed by atoms with E-state index in [0.717, 1.165) is 0 Å². The summed E-state index contributed by atoms with van der Waals surface area (Å²) < 4.78 is 0. The van der Waals surface area contributed by atoms with Crippen LogP contribution in [0.4, 0.5) is 5.95 Å². The fourth-order valence-electron chi connectivity index (χ4n) is 2.59. The molecule has 2 amide bonds. The van der Waals surface area contributed by atoms with Crippen molar-refractivity contribution in [3.63, 3.8) is 0 Å². The van der Waals surface area contributed by atoms with Crippen molar-refractivity contribution >= 4 is 29.1 Å². The number of nitrogens with zero attached hydrogens (tertiary/aromatic N) is 4. The van der Waals surface area contributed by atoms with Crippen molar-refractivity contribution in [2.24, 2.45) is 0 Å². The van der Waals surface area contributed by atoms with Crippen LogP contribution >= 0.6 is 11.3 Å². The molecule has 1 atom stereocenters. The van der Waals surface area contributed by atoms with Gasteiger partial charge in [0.25, 0.3) is 5.91 Å². The number of piperazine rings is 1. The van der Waals surface area contributed by atoms with E-state index in [1.54, 1.807) is 36.4 Å². The largest absolute Gasteiger partial charge is 0.340 e. The third-order valence-corrected chi connectivity index (χ3v) is 4.76. The lowest BCUT2D eigenvalue weighted by atomic mass is 10.2. The molecule has 1 fully saturated rings. The van der Waals surface area contributed by atoms with Gasteiger partial charge in [0.1, 0.15) is 6.04 Å². The van der Waals surface area contributed by atoms with Gasteiger partial charge in [-0.3, -0.25) is 9.59 Å². The highest BCUT2D eigenvalue weighted by molar-refractivity contribution is 7.12. The summed E-state index contributed by atoms with van der Waals surface area (Å²) in [5, 5.41) is 4.60. The molecule has 8 heteroatoms. The van der Waals surface area contributed by atoms with E-state index in [-0.39, 0.29) is 11.8 Å². The Kier molecular flexibility index (Phi) is 5.05. The van der Waals surface area contributed by atoms with E-state index < -0.39 is 6.04 Å². The summed E-state index contributed by atoms with van der Waals surface area (Å²) in [6.07, 6.45) is 3.42. The van der Waals surface area contributed by atoms with Gasteiger partial charge in [0, 0.05) is 38.6 Å². The second-order valence-corrected chi connectivity index (χ2v) is 6.48. The lowest BCUT2D eigenvalue weighted by Crippen LogP contribution is -2.54. The fraction of sp³-hybridized carbons (Fsp3) is 0.375. The van der Waals surface area contributed by atoms with Gasteiger partial charge in [0.15, 0.2) is 0 Å². The van der Waals surface area contributed by atoms with Crippen LogP contribution in [0.5, 0.6) is 0 Å². The molecule has 1 saturated heterocycles. The maximum atomic E-state index is 12.5.